The number of hydrogen-bond acceptors (Lipinski definition) is 6. The highest BCUT2D eigenvalue weighted by molar-refractivity contribution is 7.99. The van der Waals surface area contributed by atoms with Crippen molar-refractivity contribution in [3.05, 3.63) is 41.7 Å². The highest BCUT2D eigenvalue weighted by atomic mass is 32.2. The van der Waals surface area contributed by atoms with Crippen LogP contribution in [0.1, 0.15) is 31.7 Å². The highest BCUT2D eigenvalue weighted by Crippen LogP contribution is 2.23. The second-order valence-electron chi connectivity index (χ2n) is 7.60. The van der Waals surface area contributed by atoms with E-state index < -0.39 is 5.82 Å². The molecular weight excluding hydrogens is 417 g/mol. The van der Waals surface area contributed by atoms with E-state index in [1.807, 2.05) is 26.0 Å². The number of hydrogen-bond donors (Lipinski definition) is 2. The van der Waals surface area contributed by atoms with Gasteiger partial charge in [-0.2, -0.15) is 0 Å². The molecule has 0 spiro atoms. The summed E-state index contributed by atoms with van der Waals surface area (Å²) in [6.45, 7) is 6.02. The molecule has 1 atom stereocenters. The smallest absolute Gasteiger partial charge is 0.234 e. The van der Waals surface area contributed by atoms with E-state index in [-0.39, 0.29) is 23.5 Å². The molecule has 1 aliphatic rings. The van der Waals surface area contributed by atoms with Gasteiger partial charge in [-0.1, -0.05) is 24.8 Å². The molecule has 0 saturated carbocycles. The molecule has 1 aliphatic heterocycles. The summed E-state index contributed by atoms with van der Waals surface area (Å²) in [6, 6.07) is 7.99. The third-order valence-corrected chi connectivity index (χ3v) is 6.04. The van der Waals surface area contributed by atoms with E-state index >= 15 is 0 Å². The SMILES string of the molecule is CCCNC(=O)C1CCCN(c2ccc(SCC(=O)Nc3cc(F)ccc3C)nn2)C1. The van der Waals surface area contributed by atoms with Crippen LogP contribution < -0.4 is 15.5 Å². The van der Waals surface area contributed by atoms with Gasteiger partial charge in [0.15, 0.2) is 5.82 Å². The maximum absolute atomic E-state index is 13.4. The number of carbonyl (C=O) groups is 2. The van der Waals surface area contributed by atoms with Crippen molar-refractivity contribution in [1.29, 1.82) is 0 Å². The lowest BCUT2D eigenvalue weighted by Gasteiger charge is -2.32. The Bertz CT molecular complexity index is 909. The predicted octanol–water partition coefficient (Wildman–Crippen LogP) is 3.40. The first-order valence-corrected chi connectivity index (χ1v) is 11.5. The summed E-state index contributed by atoms with van der Waals surface area (Å²) in [5, 5.41) is 14.8. The number of nitrogens with zero attached hydrogens (tertiary/aromatic N) is 3. The second-order valence-corrected chi connectivity index (χ2v) is 8.60. The lowest BCUT2D eigenvalue weighted by molar-refractivity contribution is -0.125. The van der Waals surface area contributed by atoms with Crippen molar-refractivity contribution < 1.29 is 14.0 Å². The van der Waals surface area contributed by atoms with Gasteiger partial charge >= 0.3 is 0 Å². The van der Waals surface area contributed by atoms with Gasteiger partial charge in [0, 0.05) is 25.3 Å². The fraction of sp³-hybridized carbons (Fsp3) is 0.455. The molecular formula is C22H28FN5O2S. The maximum atomic E-state index is 13.4. The summed E-state index contributed by atoms with van der Waals surface area (Å²) in [7, 11) is 0. The van der Waals surface area contributed by atoms with Gasteiger partial charge in [0.25, 0.3) is 0 Å². The van der Waals surface area contributed by atoms with E-state index in [0.29, 0.717) is 23.8 Å². The van der Waals surface area contributed by atoms with Crippen molar-refractivity contribution in [3.8, 4) is 0 Å². The third-order valence-electron chi connectivity index (χ3n) is 5.12. The van der Waals surface area contributed by atoms with E-state index in [1.54, 1.807) is 6.07 Å². The molecule has 2 N–H and O–H groups in total. The Morgan fingerprint density at radius 3 is 2.84 bits per heavy atom. The Hall–Kier alpha value is -2.68. The first-order valence-electron chi connectivity index (χ1n) is 10.5. The van der Waals surface area contributed by atoms with Gasteiger partial charge in [-0.15, -0.1) is 10.2 Å². The van der Waals surface area contributed by atoms with Crippen molar-refractivity contribution in [3.63, 3.8) is 0 Å². The molecule has 1 aromatic carbocycles. The zero-order valence-electron chi connectivity index (χ0n) is 17.9. The lowest BCUT2D eigenvalue weighted by Crippen LogP contribution is -2.43. The fourth-order valence-corrected chi connectivity index (χ4v) is 4.02. The molecule has 3 rings (SSSR count). The van der Waals surface area contributed by atoms with Crippen LogP contribution in [0.25, 0.3) is 0 Å². The Kier molecular flexibility index (Phi) is 8.22. The largest absolute Gasteiger partial charge is 0.356 e. The quantitative estimate of drug-likeness (QED) is 0.606. The van der Waals surface area contributed by atoms with E-state index in [0.717, 1.165) is 37.2 Å². The number of halogens is 1. The van der Waals surface area contributed by atoms with Crippen molar-refractivity contribution >= 4 is 35.1 Å². The number of aromatic nitrogens is 2. The van der Waals surface area contributed by atoms with E-state index in [9.17, 15) is 14.0 Å². The van der Waals surface area contributed by atoms with Crippen LogP contribution in [0.2, 0.25) is 0 Å². The molecule has 2 heterocycles. The second kappa shape index (κ2) is 11.1. The molecule has 0 aliphatic carbocycles. The molecule has 9 heteroatoms. The van der Waals surface area contributed by atoms with Crippen LogP contribution in [-0.2, 0) is 9.59 Å². The molecule has 1 unspecified atom stereocenters. The summed E-state index contributed by atoms with van der Waals surface area (Å²) in [5.74, 6) is 0.321. The first kappa shape index (κ1) is 23.0. The standard InChI is InChI=1S/C22H28FN5O2S/c1-3-10-24-22(30)16-5-4-11-28(13-16)19-8-9-21(27-26-19)31-14-20(29)25-18-12-17(23)7-6-15(18)2/h6-9,12,16H,3-5,10-11,13-14H2,1-2H3,(H,24,30)(H,25,29). The third kappa shape index (κ3) is 6.65. The van der Waals surface area contributed by atoms with Crippen molar-refractivity contribution in [2.45, 2.75) is 38.1 Å². The molecule has 2 aromatic rings. The molecule has 1 saturated heterocycles. The van der Waals surface area contributed by atoms with Gasteiger partial charge in [0.1, 0.15) is 10.8 Å². The Balaban J connectivity index is 1.51. The molecule has 2 amide bonds. The van der Waals surface area contributed by atoms with Gasteiger partial charge in [-0.05, 0) is 56.0 Å². The van der Waals surface area contributed by atoms with Crippen LogP contribution in [0.15, 0.2) is 35.4 Å². The Morgan fingerprint density at radius 1 is 1.26 bits per heavy atom. The average Bonchev–Trinajstić information content (AvgIpc) is 2.79. The monoisotopic (exact) mass is 445 g/mol. The molecule has 0 radical (unpaired) electrons. The average molecular weight is 446 g/mol. The summed E-state index contributed by atoms with van der Waals surface area (Å²) in [6.07, 6.45) is 2.74. The summed E-state index contributed by atoms with van der Waals surface area (Å²) in [5.41, 5.74) is 1.27. The molecule has 0 bridgehead atoms. The number of anilines is 2. The number of rotatable bonds is 8. The summed E-state index contributed by atoms with van der Waals surface area (Å²) in [4.78, 5) is 26.5. The van der Waals surface area contributed by atoms with Crippen LogP contribution >= 0.6 is 11.8 Å². The summed E-state index contributed by atoms with van der Waals surface area (Å²) >= 11 is 1.27. The summed E-state index contributed by atoms with van der Waals surface area (Å²) < 4.78 is 13.4. The first-order chi connectivity index (χ1) is 15.0. The number of piperidine rings is 1. The number of amides is 2. The number of aryl methyl sites for hydroxylation is 1. The topological polar surface area (TPSA) is 87.2 Å². The van der Waals surface area contributed by atoms with Crippen LogP contribution in [0.5, 0.6) is 0 Å². The van der Waals surface area contributed by atoms with E-state index in [1.165, 1.54) is 23.9 Å². The number of nitrogens with one attached hydrogen (secondary N) is 2. The van der Waals surface area contributed by atoms with Gasteiger partial charge in [0.05, 0.1) is 11.7 Å². The minimum absolute atomic E-state index is 0.0360. The number of carbonyl (C=O) groups excluding carboxylic acids is 2. The fourth-order valence-electron chi connectivity index (χ4n) is 3.41. The van der Waals surface area contributed by atoms with Crippen LogP contribution in [0.4, 0.5) is 15.9 Å². The van der Waals surface area contributed by atoms with Crippen molar-refractivity contribution in [2.75, 3.05) is 35.6 Å². The van der Waals surface area contributed by atoms with Gasteiger partial charge in [-0.3, -0.25) is 9.59 Å². The van der Waals surface area contributed by atoms with Crippen LogP contribution in [0.3, 0.4) is 0 Å². The minimum atomic E-state index is -0.391. The van der Waals surface area contributed by atoms with Gasteiger partial charge < -0.3 is 15.5 Å². The highest BCUT2D eigenvalue weighted by Gasteiger charge is 2.26. The maximum Gasteiger partial charge on any atom is 0.234 e. The van der Waals surface area contributed by atoms with Crippen molar-refractivity contribution in [1.82, 2.24) is 15.5 Å². The van der Waals surface area contributed by atoms with Gasteiger partial charge in [0.2, 0.25) is 11.8 Å². The lowest BCUT2D eigenvalue weighted by atomic mass is 9.97. The molecule has 1 aromatic heterocycles. The van der Waals surface area contributed by atoms with Gasteiger partial charge in [-0.25, -0.2) is 4.39 Å². The number of benzene rings is 1. The van der Waals surface area contributed by atoms with E-state index in [2.05, 4.69) is 25.7 Å². The molecule has 31 heavy (non-hydrogen) atoms. The normalized spacial score (nSPS) is 16.1. The number of thioether (sulfide) groups is 1. The Morgan fingerprint density at radius 2 is 2.10 bits per heavy atom. The zero-order chi connectivity index (χ0) is 22.2. The predicted molar refractivity (Wildman–Crippen MR) is 121 cm³/mol. The van der Waals surface area contributed by atoms with Crippen LogP contribution in [0, 0.1) is 18.7 Å². The molecule has 1 fully saturated rings. The van der Waals surface area contributed by atoms with Crippen molar-refractivity contribution in [2.24, 2.45) is 5.92 Å². The zero-order valence-corrected chi connectivity index (χ0v) is 18.7. The minimum Gasteiger partial charge on any atom is -0.356 e. The van der Waals surface area contributed by atoms with Crippen LogP contribution in [-0.4, -0.2) is 47.4 Å². The van der Waals surface area contributed by atoms with E-state index in [4.69, 9.17) is 0 Å². The molecule has 7 nitrogen and oxygen atoms in total. The Labute approximate surface area is 186 Å². The molecule has 166 valence electrons.